The standard InChI is InChI=1S/C18H28N4O2/c1-14(20-15(2)23)18(24)22-11-6-8-17(9-12-22)21(3)13-16-7-4-5-10-19-16/h4-5,7,10,14,17H,6,8-9,11-13H2,1-3H3,(H,20,23). The molecule has 0 saturated carbocycles. The molecule has 0 bridgehead atoms. The van der Waals surface area contributed by atoms with Crippen molar-refractivity contribution in [2.75, 3.05) is 20.1 Å². The fourth-order valence-electron chi connectivity index (χ4n) is 3.26. The number of hydrogen-bond acceptors (Lipinski definition) is 4. The molecule has 1 aliphatic heterocycles. The molecule has 0 spiro atoms. The smallest absolute Gasteiger partial charge is 0.244 e. The molecule has 2 heterocycles. The highest BCUT2D eigenvalue weighted by Gasteiger charge is 2.26. The van der Waals surface area contributed by atoms with Crippen LogP contribution >= 0.6 is 0 Å². The second kappa shape index (κ2) is 8.78. The highest BCUT2D eigenvalue weighted by atomic mass is 16.2. The van der Waals surface area contributed by atoms with E-state index in [4.69, 9.17) is 0 Å². The molecule has 2 amide bonds. The summed E-state index contributed by atoms with van der Waals surface area (Å²) in [4.78, 5) is 32.2. The van der Waals surface area contributed by atoms with Gasteiger partial charge >= 0.3 is 0 Å². The summed E-state index contributed by atoms with van der Waals surface area (Å²) in [5.41, 5.74) is 1.07. The highest BCUT2D eigenvalue weighted by Crippen LogP contribution is 2.18. The quantitative estimate of drug-likeness (QED) is 0.886. The van der Waals surface area contributed by atoms with Crippen LogP contribution in [0.1, 0.15) is 38.8 Å². The molecule has 1 aromatic rings. The molecule has 1 N–H and O–H groups in total. The lowest BCUT2D eigenvalue weighted by Gasteiger charge is -2.27. The molecule has 2 atom stereocenters. The molecule has 6 nitrogen and oxygen atoms in total. The Labute approximate surface area is 144 Å². The van der Waals surface area contributed by atoms with E-state index in [-0.39, 0.29) is 11.8 Å². The minimum Gasteiger partial charge on any atom is -0.345 e. The van der Waals surface area contributed by atoms with Gasteiger partial charge in [-0.2, -0.15) is 0 Å². The summed E-state index contributed by atoms with van der Waals surface area (Å²) in [7, 11) is 2.12. The number of pyridine rings is 1. The summed E-state index contributed by atoms with van der Waals surface area (Å²) < 4.78 is 0. The second-order valence-corrected chi connectivity index (χ2v) is 6.57. The van der Waals surface area contributed by atoms with Crippen LogP contribution in [0.3, 0.4) is 0 Å². The first kappa shape index (κ1) is 18.4. The van der Waals surface area contributed by atoms with Gasteiger partial charge in [-0.3, -0.25) is 19.5 Å². The number of likely N-dealkylation sites (tertiary alicyclic amines) is 1. The minimum atomic E-state index is -0.453. The lowest BCUT2D eigenvalue weighted by Crippen LogP contribution is -2.46. The molecule has 1 saturated heterocycles. The first-order valence-corrected chi connectivity index (χ1v) is 8.63. The summed E-state index contributed by atoms with van der Waals surface area (Å²) >= 11 is 0. The number of nitrogens with zero attached hydrogens (tertiary/aromatic N) is 3. The summed E-state index contributed by atoms with van der Waals surface area (Å²) in [5, 5.41) is 2.68. The third-order valence-electron chi connectivity index (χ3n) is 4.56. The SMILES string of the molecule is CC(=O)NC(C)C(=O)N1CCCC(N(C)Cc2ccccn2)CC1. The van der Waals surface area contributed by atoms with Crippen LogP contribution in [-0.4, -0.2) is 58.8 Å². The Morgan fingerprint density at radius 1 is 1.38 bits per heavy atom. The Balaban J connectivity index is 1.87. The molecule has 132 valence electrons. The maximum Gasteiger partial charge on any atom is 0.244 e. The topological polar surface area (TPSA) is 65.5 Å². The van der Waals surface area contributed by atoms with Gasteiger partial charge in [0.1, 0.15) is 6.04 Å². The molecule has 6 heteroatoms. The van der Waals surface area contributed by atoms with Crippen LogP contribution in [0, 0.1) is 0 Å². The van der Waals surface area contributed by atoms with Crippen molar-refractivity contribution in [3.05, 3.63) is 30.1 Å². The third-order valence-corrected chi connectivity index (χ3v) is 4.56. The van der Waals surface area contributed by atoms with Crippen molar-refractivity contribution < 1.29 is 9.59 Å². The largest absolute Gasteiger partial charge is 0.345 e. The van der Waals surface area contributed by atoms with Crippen LogP contribution in [0.4, 0.5) is 0 Å². The lowest BCUT2D eigenvalue weighted by atomic mass is 10.1. The zero-order valence-electron chi connectivity index (χ0n) is 14.9. The first-order valence-electron chi connectivity index (χ1n) is 8.63. The first-order chi connectivity index (χ1) is 11.5. The average molecular weight is 332 g/mol. The zero-order valence-corrected chi connectivity index (χ0v) is 14.9. The molecule has 2 rings (SSSR count). The van der Waals surface area contributed by atoms with Crippen molar-refractivity contribution >= 4 is 11.8 Å². The third kappa shape index (κ3) is 5.30. The fraction of sp³-hybridized carbons (Fsp3) is 0.611. The van der Waals surface area contributed by atoms with Crippen molar-refractivity contribution in [2.24, 2.45) is 0 Å². The lowest BCUT2D eigenvalue weighted by molar-refractivity contribution is -0.135. The van der Waals surface area contributed by atoms with Gasteiger partial charge in [0.25, 0.3) is 0 Å². The Hall–Kier alpha value is -1.95. The maximum atomic E-state index is 12.4. The monoisotopic (exact) mass is 332 g/mol. The Morgan fingerprint density at radius 2 is 2.17 bits per heavy atom. The zero-order chi connectivity index (χ0) is 17.5. The van der Waals surface area contributed by atoms with E-state index in [0.717, 1.165) is 44.6 Å². The fourth-order valence-corrected chi connectivity index (χ4v) is 3.26. The van der Waals surface area contributed by atoms with E-state index in [1.165, 1.54) is 6.92 Å². The van der Waals surface area contributed by atoms with E-state index in [9.17, 15) is 9.59 Å². The summed E-state index contributed by atoms with van der Waals surface area (Å²) in [6.45, 7) is 5.51. The van der Waals surface area contributed by atoms with Crippen molar-refractivity contribution in [1.29, 1.82) is 0 Å². The molecule has 1 aromatic heterocycles. The van der Waals surface area contributed by atoms with Crippen LogP contribution < -0.4 is 5.32 Å². The van der Waals surface area contributed by atoms with Crippen LogP contribution in [0.5, 0.6) is 0 Å². The van der Waals surface area contributed by atoms with E-state index in [0.29, 0.717) is 6.04 Å². The van der Waals surface area contributed by atoms with E-state index in [1.54, 1.807) is 6.92 Å². The number of nitrogens with one attached hydrogen (secondary N) is 1. The molecule has 0 radical (unpaired) electrons. The van der Waals surface area contributed by atoms with Crippen LogP contribution in [0.2, 0.25) is 0 Å². The maximum absolute atomic E-state index is 12.4. The van der Waals surface area contributed by atoms with Gasteiger partial charge in [-0.05, 0) is 45.4 Å². The number of carbonyl (C=O) groups is 2. The van der Waals surface area contributed by atoms with Crippen LogP contribution in [0.25, 0.3) is 0 Å². The van der Waals surface area contributed by atoms with Crippen molar-refractivity contribution in [1.82, 2.24) is 20.1 Å². The molecule has 1 fully saturated rings. The van der Waals surface area contributed by atoms with E-state index in [1.807, 2.05) is 29.3 Å². The predicted molar refractivity (Wildman–Crippen MR) is 93.2 cm³/mol. The van der Waals surface area contributed by atoms with Gasteiger partial charge < -0.3 is 10.2 Å². The molecule has 0 aliphatic carbocycles. The highest BCUT2D eigenvalue weighted by molar-refractivity contribution is 5.86. The summed E-state index contributed by atoms with van der Waals surface area (Å²) in [6, 6.07) is 5.96. The van der Waals surface area contributed by atoms with E-state index >= 15 is 0 Å². The Kier molecular flexibility index (Phi) is 6.73. The van der Waals surface area contributed by atoms with Gasteiger partial charge in [0.05, 0.1) is 5.69 Å². The van der Waals surface area contributed by atoms with E-state index in [2.05, 4.69) is 22.2 Å². The van der Waals surface area contributed by atoms with Crippen molar-refractivity contribution in [2.45, 2.75) is 51.7 Å². The van der Waals surface area contributed by atoms with Crippen LogP contribution in [-0.2, 0) is 16.1 Å². The molecule has 2 unspecified atom stereocenters. The summed E-state index contributed by atoms with van der Waals surface area (Å²) in [6.07, 6.45) is 4.82. The van der Waals surface area contributed by atoms with Crippen molar-refractivity contribution in [3.63, 3.8) is 0 Å². The number of hydrogen-bond donors (Lipinski definition) is 1. The average Bonchev–Trinajstić information content (AvgIpc) is 2.80. The number of carbonyl (C=O) groups excluding carboxylic acids is 2. The van der Waals surface area contributed by atoms with E-state index < -0.39 is 6.04 Å². The van der Waals surface area contributed by atoms with Gasteiger partial charge in [0, 0.05) is 38.8 Å². The summed E-state index contributed by atoms with van der Waals surface area (Å²) in [5.74, 6) is -0.156. The molecule has 24 heavy (non-hydrogen) atoms. The minimum absolute atomic E-state index is 0.0122. The van der Waals surface area contributed by atoms with Gasteiger partial charge in [0.2, 0.25) is 11.8 Å². The van der Waals surface area contributed by atoms with Gasteiger partial charge in [-0.1, -0.05) is 6.07 Å². The Morgan fingerprint density at radius 3 is 2.83 bits per heavy atom. The number of amides is 2. The van der Waals surface area contributed by atoms with Crippen molar-refractivity contribution in [3.8, 4) is 0 Å². The van der Waals surface area contributed by atoms with Gasteiger partial charge in [-0.25, -0.2) is 0 Å². The molecular weight excluding hydrogens is 304 g/mol. The molecular formula is C18H28N4O2. The number of aromatic nitrogens is 1. The molecule has 1 aliphatic rings. The van der Waals surface area contributed by atoms with Gasteiger partial charge in [-0.15, -0.1) is 0 Å². The molecule has 0 aromatic carbocycles. The Bertz CT molecular complexity index is 549. The van der Waals surface area contributed by atoms with Gasteiger partial charge in [0.15, 0.2) is 0 Å². The number of rotatable bonds is 5. The predicted octanol–water partition coefficient (Wildman–Crippen LogP) is 1.42. The van der Waals surface area contributed by atoms with Crippen LogP contribution in [0.15, 0.2) is 24.4 Å². The second-order valence-electron chi connectivity index (χ2n) is 6.57. The normalized spacial score (nSPS) is 19.7.